The van der Waals surface area contributed by atoms with Gasteiger partial charge in [-0.3, -0.25) is 4.68 Å². The van der Waals surface area contributed by atoms with Crippen LogP contribution in [0.4, 0.5) is 13.6 Å². The largest absolute Gasteiger partial charge is 0.508 e. The van der Waals surface area contributed by atoms with Crippen LogP contribution in [-0.2, 0) is 20.6 Å². The number of carbonyl (C=O) groups is 1. The van der Waals surface area contributed by atoms with Crippen molar-refractivity contribution in [1.29, 1.82) is 0 Å². The van der Waals surface area contributed by atoms with Gasteiger partial charge in [-0.2, -0.15) is 0 Å². The molecule has 3 rings (SSSR count). The number of carbonyl (C=O) groups excluding carboxylic acids is 1. The van der Waals surface area contributed by atoms with E-state index in [1.165, 1.54) is 4.68 Å². The highest BCUT2D eigenvalue weighted by atomic mass is 19.1. The first-order valence-corrected chi connectivity index (χ1v) is 11.3. The molecule has 0 aliphatic carbocycles. The zero-order chi connectivity index (χ0) is 27.7. The maximum absolute atomic E-state index is 14.3. The van der Waals surface area contributed by atoms with Crippen molar-refractivity contribution in [2.24, 2.45) is 0 Å². The van der Waals surface area contributed by atoms with Crippen LogP contribution < -0.4 is 9.47 Å². The molecule has 1 fully saturated rings. The Morgan fingerprint density at radius 2 is 1.81 bits per heavy atom. The second-order valence-corrected chi connectivity index (χ2v) is 8.76. The van der Waals surface area contributed by atoms with Crippen molar-refractivity contribution in [2.75, 3.05) is 20.8 Å². The van der Waals surface area contributed by atoms with Gasteiger partial charge in [0.15, 0.2) is 23.5 Å². The van der Waals surface area contributed by atoms with Crippen LogP contribution in [0.5, 0.6) is 11.6 Å². The quantitative estimate of drug-likeness (QED) is 0.283. The zero-order valence-corrected chi connectivity index (χ0v) is 20.8. The van der Waals surface area contributed by atoms with Gasteiger partial charge in [0.2, 0.25) is 5.88 Å². The Hall–Kier alpha value is -3.04. The van der Waals surface area contributed by atoms with E-state index in [0.717, 1.165) is 26.4 Å². The molecule has 4 N–H and O–H groups in total. The summed E-state index contributed by atoms with van der Waals surface area (Å²) in [5.74, 6) is -5.64. The maximum Gasteiger partial charge on any atom is 0.508 e. The van der Waals surface area contributed by atoms with Crippen molar-refractivity contribution in [2.45, 2.75) is 63.6 Å². The van der Waals surface area contributed by atoms with Gasteiger partial charge in [-0.05, 0) is 38.5 Å². The molecule has 1 aliphatic rings. The first-order chi connectivity index (χ1) is 17.3. The summed E-state index contributed by atoms with van der Waals surface area (Å²) < 4.78 is 54.8. The Kier molecular flexibility index (Phi) is 8.59. The van der Waals surface area contributed by atoms with Crippen molar-refractivity contribution >= 4 is 6.16 Å². The average molecular weight is 532 g/mol. The molecule has 12 nitrogen and oxygen atoms in total. The van der Waals surface area contributed by atoms with Crippen molar-refractivity contribution in [3.63, 3.8) is 0 Å². The van der Waals surface area contributed by atoms with Crippen LogP contribution >= 0.6 is 0 Å². The summed E-state index contributed by atoms with van der Waals surface area (Å²) in [7, 11) is 2.18. The van der Waals surface area contributed by atoms with Crippen molar-refractivity contribution in [3.05, 3.63) is 40.6 Å². The fourth-order valence-corrected chi connectivity index (χ4v) is 3.97. The molecule has 2 heterocycles. The molecule has 37 heavy (non-hydrogen) atoms. The van der Waals surface area contributed by atoms with E-state index >= 15 is 0 Å². The molecule has 5 atom stereocenters. The highest BCUT2D eigenvalue weighted by Gasteiger charge is 2.56. The third kappa shape index (κ3) is 5.78. The number of methoxy groups -OCH3 is 2. The summed E-state index contributed by atoms with van der Waals surface area (Å²) >= 11 is 0. The van der Waals surface area contributed by atoms with Crippen molar-refractivity contribution < 1.29 is 57.7 Å². The number of aliphatic hydroxyl groups excluding tert-OH is 3. The van der Waals surface area contributed by atoms with Gasteiger partial charge in [0.25, 0.3) is 0 Å². The maximum atomic E-state index is 14.3. The number of aliphatic hydroxyl groups is 4. The zero-order valence-electron chi connectivity index (χ0n) is 20.8. The summed E-state index contributed by atoms with van der Waals surface area (Å²) in [6.07, 6.45) is -8.71. The van der Waals surface area contributed by atoms with Crippen LogP contribution in [-0.4, -0.2) is 87.6 Å². The lowest BCUT2D eigenvalue weighted by atomic mass is 9.97. The molecule has 2 aromatic rings. The standard InChI is InChI=1S/C23H30F2N2O10/c1-10(2)27-11(3)13(6-12-7-14(24)19(33-4)15(25)8-12)21(26-27)37-23(32)20(30)18(29)17(28)16(36-23)9-35-22(31)34-5/h7-8,10,16-18,20,28-30,32H,6,9H2,1-5H3/t16-,17-,18+,20-,23-/m1/s1. The summed E-state index contributed by atoms with van der Waals surface area (Å²) in [6.45, 7) is 4.61. The number of aromatic nitrogens is 2. The number of benzene rings is 1. The Balaban J connectivity index is 1.97. The molecular formula is C23H30F2N2O10. The molecule has 0 bridgehead atoms. The number of rotatable bonds is 8. The first kappa shape index (κ1) is 28.5. The SMILES string of the molecule is COC(=O)OC[C@H]1O[C@@](O)(Oc2nn(C(C)C)c(C)c2Cc2cc(F)c(OC)c(F)c2)[C@H](O)[C@@H](O)[C@@H]1O. The second kappa shape index (κ2) is 11.1. The fraction of sp³-hybridized carbons (Fsp3) is 0.565. The lowest BCUT2D eigenvalue weighted by molar-refractivity contribution is -0.423. The summed E-state index contributed by atoms with van der Waals surface area (Å²) in [5.41, 5.74) is 0.982. The number of halogens is 2. The van der Waals surface area contributed by atoms with Crippen molar-refractivity contribution in [1.82, 2.24) is 9.78 Å². The number of ether oxygens (including phenoxy) is 5. The fourth-order valence-electron chi connectivity index (χ4n) is 3.97. The number of nitrogens with zero attached hydrogens (tertiary/aromatic N) is 2. The predicted octanol–water partition coefficient (Wildman–Crippen LogP) is 0.939. The van der Waals surface area contributed by atoms with Gasteiger partial charge < -0.3 is 44.1 Å². The minimum atomic E-state index is -2.96. The Morgan fingerprint density at radius 1 is 1.19 bits per heavy atom. The molecule has 0 spiro atoms. The van der Waals surface area contributed by atoms with Crippen LogP contribution in [0.3, 0.4) is 0 Å². The minimum absolute atomic E-state index is 0.113. The lowest BCUT2D eigenvalue weighted by Gasteiger charge is -2.44. The van der Waals surface area contributed by atoms with E-state index < -0.39 is 60.5 Å². The van der Waals surface area contributed by atoms with Crippen LogP contribution in [0, 0.1) is 18.6 Å². The molecule has 1 aromatic heterocycles. The van der Waals surface area contributed by atoms with E-state index in [0.29, 0.717) is 5.69 Å². The monoisotopic (exact) mass is 532 g/mol. The molecule has 1 aromatic carbocycles. The van der Waals surface area contributed by atoms with E-state index in [2.05, 4.69) is 9.84 Å². The molecule has 0 amide bonds. The number of hydrogen-bond donors (Lipinski definition) is 4. The molecule has 0 unspecified atom stereocenters. The van der Waals surface area contributed by atoms with Crippen LogP contribution in [0.2, 0.25) is 0 Å². The first-order valence-electron chi connectivity index (χ1n) is 11.3. The smallest absolute Gasteiger partial charge is 0.491 e. The Labute approximate surface area is 210 Å². The Bertz CT molecular complexity index is 1100. The molecule has 0 saturated carbocycles. The predicted molar refractivity (Wildman–Crippen MR) is 120 cm³/mol. The molecule has 206 valence electrons. The van der Waals surface area contributed by atoms with E-state index in [4.69, 9.17) is 18.9 Å². The van der Waals surface area contributed by atoms with Gasteiger partial charge in [-0.1, -0.05) is 0 Å². The third-order valence-corrected chi connectivity index (χ3v) is 5.89. The topological polar surface area (TPSA) is 162 Å². The minimum Gasteiger partial charge on any atom is -0.491 e. The van der Waals surface area contributed by atoms with E-state index in [-0.39, 0.29) is 29.5 Å². The van der Waals surface area contributed by atoms with Gasteiger partial charge in [-0.25, -0.2) is 13.6 Å². The average Bonchev–Trinajstić information content (AvgIpc) is 3.13. The molecule has 1 saturated heterocycles. The normalized spacial score (nSPS) is 25.7. The number of hydrogen-bond acceptors (Lipinski definition) is 11. The highest BCUT2D eigenvalue weighted by molar-refractivity contribution is 5.59. The molecule has 14 heteroatoms. The van der Waals surface area contributed by atoms with Crippen LogP contribution in [0.1, 0.15) is 36.7 Å². The summed E-state index contributed by atoms with van der Waals surface area (Å²) in [5, 5.41) is 46.3. The second-order valence-electron chi connectivity index (χ2n) is 8.76. The Morgan fingerprint density at radius 3 is 2.35 bits per heavy atom. The molecular weight excluding hydrogens is 502 g/mol. The van der Waals surface area contributed by atoms with E-state index in [9.17, 15) is 34.0 Å². The molecule has 1 aliphatic heterocycles. The van der Waals surface area contributed by atoms with Crippen LogP contribution in [0.15, 0.2) is 12.1 Å². The van der Waals surface area contributed by atoms with Gasteiger partial charge in [0, 0.05) is 23.7 Å². The van der Waals surface area contributed by atoms with Gasteiger partial charge >= 0.3 is 12.1 Å². The summed E-state index contributed by atoms with van der Waals surface area (Å²) in [4.78, 5) is 11.3. The highest BCUT2D eigenvalue weighted by Crippen LogP contribution is 2.35. The van der Waals surface area contributed by atoms with Gasteiger partial charge in [-0.15, -0.1) is 5.10 Å². The van der Waals surface area contributed by atoms with Gasteiger partial charge in [0.1, 0.15) is 24.9 Å². The van der Waals surface area contributed by atoms with Gasteiger partial charge in [0.05, 0.1) is 14.2 Å². The summed E-state index contributed by atoms with van der Waals surface area (Å²) in [6, 6.07) is 1.93. The third-order valence-electron chi connectivity index (χ3n) is 5.89. The lowest BCUT2D eigenvalue weighted by Crippen LogP contribution is -2.67. The molecule has 0 radical (unpaired) electrons. The van der Waals surface area contributed by atoms with E-state index in [1.807, 2.05) is 0 Å². The van der Waals surface area contributed by atoms with E-state index in [1.54, 1.807) is 20.8 Å². The van der Waals surface area contributed by atoms with Crippen LogP contribution in [0.25, 0.3) is 0 Å². The van der Waals surface area contributed by atoms with Crippen molar-refractivity contribution in [3.8, 4) is 11.6 Å².